The van der Waals surface area contributed by atoms with Crippen LogP contribution in [0.5, 0.6) is 5.75 Å². The molecule has 0 spiro atoms. The number of aromatic amines is 1. The first-order valence-corrected chi connectivity index (χ1v) is 13.1. The number of H-pyrrole nitrogens is 1. The standard InChI is InChI=1S/C23H28FN4O10P/c1-14(2)35-19(30)15(3)37-39(33,38-16-8-5-4-6-9-16)34-12-17-18(29)23(25,10-7-11-24)20(36-17)28-13-26-21(31)27-22(28)32/h4-6,8-9,13-15,17-18,20,29H,11-12,25H2,1-3H3,(H,27,31,32)/t15-,17+,18-,20+,23?,39-/m0/s1. The fraction of sp³-hybridized carbons (Fsp3) is 0.478. The number of aliphatic hydroxyl groups excluding tert-OH is 1. The highest BCUT2D eigenvalue weighted by Crippen LogP contribution is 2.51. The van der Waals surface area contributed by atoms with Gasteiger partial charge in [-0.05, 0) is 32.9 Å². The molecule has 4 N–H and O–H groups in total. The highest BCUT2D eigenvalue weighted by atomic mass is 31.2. The Morgan fingerprint density at radius 2 is 2.03 bits per heavy atom. The number of benzene rings is 1. The monoisotopic (exact) mass is 570 g/mol. The lowest BCUT2D eigenvalue weighted by Gasteiger charge is -2.27. The van der Waals surface area contributed by atoms with Crippen LogP contribution in [0.1, 0.15) is 27.0 Å². The molecule has 14 nitrogen and oxygen atoms in total. The van der Waals surface area contributed by atoms with E-state index in [1.54, 1.807) is 32.0 Å². The number of para-hydroxylation sites is 1. The highest BCUT2D eigenvalue weighted by Gasteiger charge is 2.55. The van der Waals surface area contributed by atoms with Crippen LogP contribution < -0.4 is 21.6 Å². The van der Waals surface area contributed by atoms with Crippen LogP contribution in [0.4, 0.5) is 4.39 Å². The van der Waals surface area contributed by atoms with E-state index in [2.05, 4.69) is 16.8 Å². The average molecular weight is 570 g/mol. The van der Waals surface area contributed by atoms with Crippen LogP contribution in [0.15, 0.2) is 46.2 Å². The van der Waals surface area contributed by atoms with Crippen LogP contribution in [-0.2, 0) is 27.9 Å². The van der Waals surface area contributed by atoms with Crippen molar-refractivity contribution in [1.82, 2.24) is 14.5 Å². The Hall–Kier alpha value is -3.38. The van der Waals surface area contributed by atoms with E-state index < -0.39 is 74.6 Å². The predicted octanol–water partition coefficient (Wildman–Crippen LogP) is 0.421. The van der Waals surface area contributed by atoms with E-state index in [0.29, 0.717) is 0 Å². The minimum Gasteiger partial charge on any atom is -0.461 e. The van der Waals surface area contributed by atoms with E-state index in [0.717, 1.165) is 10.9 Å². The van der Waals surface area contributed by atoms with E-state index in [9.17, 15) is 28.4 Å². The molecule has 1 saturated heterocycles. The molecule has 39 heavy (non-hydrogen) atoms. The van der Waals surface area contributed by atoms with Crippen molar-refractivity contribution in [2.45, 2.75) is 57.0 Å². The predicted molar refractivity (Wildman–Crippen MR) is 132 cm³/mol. The Labute approximate surface area is 221 Å². The number of nitrogens with two attached hydrogens (primary N) is 1. The minimum absolute atomic E-state index is 0.0730. The number of halogens is 1. The van der Waals surface area contributed by atoms with Crippen LogP contribution in [0.3, 0.4) is 0 Å². The Morgan fingerprint density at radius 1 is 1.33 bits per heavy atom. The first-order chi connectivity index (χ1) is 18.4. The minimum atomic E-state index is -4.60. The van der Waals surface area contributed by atoms with Gasteiger partial charge in [-0.15, -0.1) is 0 Å². The van der Waals surface area contributed by atoms with Gasteiger partial charge in [-0.25, -0.2) is 23.3 Å². The summed E-state index contributed by atoms with van der Waals surface area (Å²) in [6.45, 7) is 2.67. The topological polar surface area (TPSA) is 194 Å². The van der Waals surface area contributed by atoms with Crippen molar-refractivity contribution in [3.05, 3.63) is 57.6 Å². The van der Waals surface area contributed by atoms with Crippen molar-refractivity contribution in [1.29, 1.82) is 0 Å². The number of alkyl halides is 1. The molecule has 1 aromatic heterocycles. The van der Waals surface area contributed by atoms with Gasteiger partial charge in [0.25, 0.3) is 0 Å². The number of aromatic nitrogens is 3. The molecule has 2 heterocycles. The number of carbonyl (C=O) groups is 1. The van der Waals surface area contributed by atoms with Gasteiger partial charge in [-0.1, -0.05) is 30.0 Å². The first-order valence-electron chi connectivity index (χ1n) is 11.6. The smallest absolute Gasteiger partial charge is 0.461 e. The number of phosphoric acid groups is 1. The number of aliphatic hydroxyl groups is 1. The summed E-state index contributed by atoms with van der Waals surface area (Å²) >= 11 is 0. The summed E-state index contributed by atoms with van der Waals surface area (Å²) in [6, 6.07) is 7.78. The average Bonchev–Trinajstić information content (AvgIpc) is 3.11. The second-order valence-corrected chi connectivity index (χ2v) is 10.2. The number of nitrogens with one attached hydrogen (secondary N) is 1. The molecule has 6 atom stereocenters. The van der Waals surface area contributed by atoms with Gasteiger partial charge in [-0.2, -0.15) is 4.98 Å². The van der Waals surface area contributed by atoms with Crippen LogP contribution >= 0.6 is 7.82 Å². The first kappa shape index (κ1) is 30.2. The Balaban J connectivity index is 1.88. The number of ether oxygens (including phenoxy) is 2. The van der Waals surface area contributed by atoms with Crippen molar-refractivity contribution in [3.63, 3.8) is 0 Å². The number of rotatable bonds is 10. The maximum atomic E-state index is 13.6. The second kappa shape index (κ2) is 12.6. The number of phosphoric ester groups is 1. The number of carbonyl (C=O) groups excluding carboxylic acids is 1. The van der Waals surface area contributed by atoms with Gasteiger partial charge in [0.1, 0.15) is 31.0 Å². The van der Waals surface area contributed by atoms with Gasteiger partial charge in [0.2, 0.25) is 0 Å². The fourth-order valence-electron chi connectivity index (χ4n) is 3.50. The highest BCUT2D eigenvalue weighted by molar-refractivity contribution is 7.49. The molecule has 1 unspecified atom stereocenters. The number of hydrogen-bond donors (Lipinski definition) is 3. The summed E-state index contributed by atoms with van der Waals surface area (Å²) < 4.78 is 54.2. The Morgan fingerprint density at radius 3 is 2.64 bits per heavy atom. The third kappa shape index (κ3) is 7.39. The summed E-state index contributed by atoms with van der Waals surface area (Å²) in [6.07, 6.45) is -5.80. The molecule has 0 aliphatic carbocycles. The SMILES string of the molecule is CC(C)OC(=O)[C@H](C)O[P@](=O)(OC[C@H]1O[C@@H](n2cnc(=O)[nH]c2=O)C(N)(C#CCF)[C@H]1O)Oc1ccccc1. The quantitative estimate of drug-likeness (QED) is 0.203. The maximum absolute atomic E-state index is 13.6. The zero-order valence-corrected chi connectivity index (χ0v) is 22.1. The fourth-order valence-corrected chi connectivity index (χ4v) is 4.83. The van der Waals surface area contributed by atoms with E-state index >= 15 is 0 Å². The lowest BCUT2D eigenvalue weighted by atomic mass is 9.91. The molecule has 3 rings (SSSR count). The third-order valence-corrected chi connectivity index (χ3v) is 6.73. The number of esters is 1. The largest absolute Gasteiger partial charge is 0.530 e. The van der Waals surface area contributed by atoms with Crippen LogP contribution in [0.25, 0.3) is 0 Å². The van der Waals surface area contributed by atoms with Crippen molar-refractivity contribution < 1.29 is 41.9 Å². The zero-order valence-electron chi connectivity index (χ0n) is 21.2. The molecule has 2 aromatic rings. The van der Waals surface area contributed by atoms with Crippen molar-refractivity contribution in [3.8, 4) is 17.6 Å². The Kier molecular flexibility index (Phi) is 9.78. The van der Waals surface area contributed by atoms with Crippen LogP contribution in [-0.4, -0.2) is 68.8 Å². The molecule has 0 saturated carbocycles. The summed E-state index contributed by atoms with van der Waals surface area (Å²) in [5, 5.41) is 11.0. The van der Waals surface area contributed by atoms with Crippen molar-refractivity contribution in [2.75, 3.05) is 13.3 Å². The van der Waals surface area contributed by atoms with Crippen molar-refractivity contribution in [2.24, 2.45) is 5.73 Å². The third-order valence-electron chi connectivity index (χ3n) is 5.25. The molecule has 0 amide bonds. The molecular weight excluding hydrogens is 542 g/mol. The summed E-state index contributed by atoms with van der Waals surface area (Å²) in [4.78, 5) is 41.4. The maximum Gasteiger partial charge on any atom is 0.530 e. The van der Waals surface area contributed by atoms with E-state index in [-0.39, 0.29) is 5.75 Å². The molecule has 212 valence electrons. The van der Waals surface area contributed by atoms with E-state index in [4.69, 9.17) is 28.8 Å². The van der Waals surface area contributed by atoms with Gasteiger partial charge in [-0.3, -0.25) is 18.6 Å². The van der Waals surface area contributed by atoms with Crippen molar-refractivity contribution >= 4 is 13.8 Å². The summed E-state index contributed by atoms with van der Waals surface area (Å²) in [5.74, 6) is 3.65. The van der Waals surface area contributed by atoms with Crippen LogP contribution in [0.2, 0.25) is 0 Å². The number of hydrogen-bond acceptors (Lipinski definition) is 12. The number of nitrogens with zero attached hydrogens (tertiary/aromatic N) is 2. The second-order valence-electron chi connectivity index (χ2n) is 8.61. The van der Waals surface area contributed by atoms with Gasteiger partial charge < -0.3 is 24.8 Å². The molecule has 1 aliphatic heterocycles. The summed E-state index contributed by atoms with van der Waals surface area (Å²) in [7, 11) is -4.60. The lowest BCUT2D eigenvalue weighted by Crippen LogP contribution is -2.55. The molecular formula is C23H28FN4O10P. The van der Waals surface area contributed by atoms with Gasteiger partial charge in [0.05, 0.1) is 12.7 Å². The van der Waals surface area contributed by atoms with Gasteiger partial charge in [0.15, 0.2) is 17.9 Å². The molecule has 1 aromatic carbocycles. The molecule has 1 aliphatic rings. The zero-order chi connectivity index (χ0) is 28.8. The van der Waals surface area contributed by atoms with Crippen LogP contribution in [0, 0.1) is 11.8 Å². The van der Waals surface area contributed by atoms with E-state index in [1.807, 2.05) is 4.98 Å². The van der Waals surface area contributed by atoms with Gasteiger partial charge >= 0.3 is 25.2 Å². The normalized spacial score (nSPS) is 24.8. The Bertz CT molecular complexity index is 1370. The molecule has 0 bridgehead atoms. The molecule has 1 fully saturated rings. The summed E-state index contributed by atoms with van der Waals surface area (Å²) in [5.41, 5.74) is 2.21. The molecule has 0 radical (unpaired) electrons. The lowest BCUT2D eigenvalue weighted by molar-refractivity contribution is -0.156. The van der Waals surface area contributed by atoms with E-state index in [1.165, 1.54) is 19.1 Å². The molecule has 16 heteroatoms. The van der Waals surface area contributed by atoms with Gasteiger partial charge in [0, 0.05) is 0 Å².